The van der Waals surface area contributed by atoms with Crippen LogP contribution in [0.2, 0.25) is 0 Å². The number of hydrogen-bond donors (Lipinski definition) is 1. The molecule has 0 atom stereocenters. The van der Waals surface area contributed by atoms with Gasteiger partial charge in [-0.3, -0.25) is 9.78 Å². The van der Waals surface area contributed by atoms with Crippen molar-refractivity contribution in [2.45, 2.75) is 0 Å². The van der Waals surface area contributed by atoms with Crippen LogP contribution in [0.3, 0.4) is 0 Å². The maximum atomic E-state index is 12.5. The second-order valence-corrected chi connectivity index (χ2v) is 4.93. The lowest BCUT2D eigenvalue weighted by Crippen LogP contribution is -2.12. The molecule has 0 fully saturated rings. The zero-order valence-electron chi connectivity index (χ0n) is 12.9. The summed E-state index contributed by atoms with van der Waals surface area (Å²) in [4.78, 5) is 16.6. The predicted octanol–water partition coefficient (Wildman–Crippen LogP) is 3.50. The van der Waals surface area contributed by atoms with Crippen LogP contribution in [0.4, 0.5) is 5.69 Å². The molecular formula is C18H16N2O3. The third-order valence-electron chi connectivity index (χ3n) is 3.57. The number of aromatic nitrogens is 1. The number of pyridine rings is 1. The highest BCUT2D eigenvalue weighted by molar-refractivity contribution is 6.09. The number of ether oxygens (including phenoxy) is 2. The van der Waals surface area contributed by atoms with E-state index < -0.39 is 0 Å². The van der Waals surface area contributed by atoms with Gasteiger partial charge in [-0.1, -0.05) is 12.1 Å². The quantitative estimate of drug-likeness (QED) is 0.801. The van der Waals surface area contributed by atoms with Crippen molar-refractivity contribution in [3.05, 3.63) is 60.4 Å². The molecule has 0 aliphatic carbocycles. The summed E-state index contributed by atoms with van der Waals surface area (Å²) in [5.41, 5.74) is 1.23. The number of nitrogens with one attached hydrogen (secondary N) is 1. The molecule has 2 aromatic carbocycles. The first kappa shape index (κ1) is 14.8. The standard InChI is InChI=1S/C18H16N2O3/c1-22-16-7-6-12(10-17(16)23-2)18(21)20-15-5-3-4-13-11-19-9-8-14(13)15/h3-11H,1-2H3,(H,20,21). The fourth-order valence-electron chi connectivity index (χ4n) is 2.40. The second kappa shape index (κ2) is 6.36. The lowest BCUT2D eigenvalue weighted by atomic mass is 10.1. The summed E-state index contributed by atoms with van der Waals surface area (Å²) in [7, 11) is 3.10. The zero-order valence-corrected chi connectivity index (χ0v) is 12.9. The fourth-order valence-corrected chi connectivity index (χ4v) is 2.40. The van der Waals surface area contributed by atoms with Crippen LogP contribution in [0.1, 0.15) is 10.4 Å². The lowest BCUT2D eigenvalue weighted by Gasteiger charge is -2.11. The van der Waals surface area contributed by atoms with Crippen molar-refractivity contribution in [2.75, 3.05) is 19.5 Å². The van der Waals surface area contributed by atoms with Crippen molar-refractivity contribution in [1.82, 2.24) is 4.98 Å². The minimum atomic E-state index is -0.213. The first-order chi connectivity index (χ1) is 11.2. The van der Waals surface area contributed by atoms with Crippen LogP contribution in [-0.2, 0) is 0 Å². The van der Waals surface area contributed by atoms with Gasteiger partial charge in [-0.2, -0.15) is 0 Å². The van der Waals surface area contributed by atoms with E-state index in [4.69, 9.17) is 9.47 Å². The van der Waals surface area contributed by atoms with E-state index in [1.165, 1.54) is 7.11 Å². The summed E-state index contributed by atoms with van der Waals surface area (Å²) >= 11 is 0. The Morgan fingerprint density at radius 3 is 2.65 bits per heavy atom. The Morgan fingerprint density at radius 2 is 1.87 bits per heavy atom. The normalized spacial score (nSPS) is 10.3. The van der Waals surface area contributed by atoms with Gasteiger partial charge in [0.25, 0.3) is 5.91 Å². The second-order valence-electron chi connectivity index (χ2n) is 4.93. The van der Waals surface area contributed by atoms with Crippen LogP contribution < -0.4 is 14.8 Å². The average molecular weight is 308 g/mol. The third-order valence-corrected chi connectivity index (χ3v) is 3.57. The van der Waals surface area contributed by atoms with Gasteiger partial charge in [0, 0.05) is 34.4 Å². The first-order valence-corrected chi connectivity index (χ1v) is 7.09. The van der Waals surface area contributed by atoms with Crippen molar-refractivity contribution < 1.29 is 14.3 Å². The molecule has 0 saturated heterocycles. The van der Waals surface area contributed by atoms with Gasteiger partial charge < -0.3 is 14.8 Å². The van der Waals surface area contributed by atoms with Crippen LogP contribution in [0.25, 0.3) is 10.8 Å². The first-order valence-electron chi connectivity index (χ1n) is 7.09. The topological polar surface area (TPSA) is 60.5 Å². The molecule has 5 heteroatoms. The summed E-state index contributed by atoms with van der Waals surface area (Å²) in [6, 6.07) is 12.6. The largest absolute Gasteiger partial charge is 0.493 e. The number of methoxy groups -OCH3 is 2. The van der Waals surface area contributed by atoms with Gasteiger partial charge in [-0.05, 0) is 30.3 Å². The molecule has 0 aliphatic heterocycles. The molecule has 3 rings (SSSR count). The summed E-state index contributed by atoms with van der Waals surface area (Å²) in [6.45, 7) is 0. The molecule has 0 saturated carbocycles. The van der Waals surface area contributed by atoms with Crippen LogP contribution in [0.15, 0.2) is 54.9 Å². The Morgan fingerprint density at radius 1 is 1.04 bits per heavy atom. The molecule has 1 aromatic heterocycles. The Balaban J connectivity index is 1.92. The van der Waals surface area contributed by atoms with Crippen molar-refractivity contribution in [2.24, 2.45) is 0 Å². The minimum Gasteiger partial charge on any atom is -0.493 e. The summed E-state index contributed by atoms with van der Waals surface area (Å²) in [6.07, 6.45) is 3.47. The molecule has 1 heterocycles. The van der Waals surface area contributed by atoms with E-state index in [1.54, 1.807) is 37.7 Å². The predicted molar refractivity (Wildman–Crippen MR) is 89.2 cm³/mol. The Hall–Kier alpha value is -3.08. The van der Waals surface area contributed by atoms with Crippen molar-refractivity contribution in [3.8, 4) is 11.5 Å². The van der Waals surface area contributed by atoms with Gasteiger partial charge in [-0.25, -0.2) is 0 Å². The van der Waals surface area contributed by atoms with E-state index in [0.717, 1.165) is 16.5 Å². The highest BCUT2D eigenvalue weighted by atomic mass is 16.5. The number of carbonyl (C=O) groups excluding carboxylic acids is 1. The number of benzene rings is 2. The number of nitrogens with zero attached hydrogens (tertiary/aromatic N) is 1. The smallest absolute Gasteiger partial charge is 0.255 e. The number of amides is 1. The van der Waals surface area contributed by atoms with Gasteiger partial charge >= 0.3 is 0 Å². The molecule has 1 amide bonds. The molecule has 23 heavy (non-hydrogen) atoms. The van der Waals surface area contributed by atoms with E-state index in [1.807, 2.05) is 24.3 Å². The zero-order chi connectivity index (χ0) is 16.2. The average Bonchev–Trinajstić information content (AvgIpc) is 2.61. The maximum Gasteiger partial charge on any atom is 0.255 e. The minimum absolute atomic E-state index is 0.213. The van der Waals surface area contributed by atoms with Crippen molar-refractivity contribution >= 4 is 22.4 Å². The summed E-state index contributed by atoms with van der Waals surface area (Å²) < 4.78 is 10.4. The number of hydrogen-bond acceptors (Lipinski definition) is 4. The molecular weight excluding hydrogens is 292 g/mol. The fraction of sp³-hybridized carbons (Fsp3) is 0.111. The number of fused-ring (bicyclic) bond motifs is 1. The highest BCUT2D eigenvalue weighted by Gasteiger charge is 2.12. The molecule has 0 unspecified atom stereocenters. The Labute approximate surface area is 133 Å². The van der Waals surface area contributed by atoms with Gasteiger partial charge in [0.15, 0.2) is 11.5 Å². The van der Waals surface area contributed by atoms with E-state index in [-0.39, 0.29) is 5.91 Å². The van der Waals surface area contributed by atoms with Crippen molar-refractivity contribution in [1.29, 1.82) is 0 Å². The molecule has 0 radical (unpaired) electrons. The van der Waals surface area contributed by atoms with Crippen LogP contribution in [0, 0.1) is 0 Å². The van der Waals surface area contributed by atoms with Crippen LogP contribution in [-0.4, -0.2) is 25.1 Å². The summed E-state index contributed by atoms with van der Waals surface area (Å²) in [5, 5.41) is 4.84. The van der Waals surface area contributed by atoms with E-state index in [2.05, 4.69) is 10.3 Å². The third kappa shape index (κ3) is 2.94. The molecule has 0 bridgehead atoms. The summed E-state index contributed by atoms with van der Waals surface area (Å²) in [5.74, 6) is 0.887. The van der Waals surface area contributed by atoms with Crippen molar-refractivity contribution in [3.63, 3.8) is 0 Å². The molecule has 0 spiro atoms. The molecule has 5 nitrogen and oxygen atoms in total. The monoisotopic (exact) mass is 308 g/mol. The Bertz CT molecular complexity index is 857. The maximum absolute atomic E-state index is 12.5. The van der Waals surface area contributed by atoms with E-state index in [0.29, 0.717) is 17.1 Å². The highest BCUT2D eigenvalue weighted by Crippen LogP contribution is 2.28. The number of rotatable bonds is 4. The number of anilines is 1. The molecule has 1 N–H and O–H groups in total. The SMILES string of the molecule is COc1ccc(C(=O)Nc2cccc3cnccc23)cc1OC. The van der Waals surface area contributed by atoms with Gasteiger partial charge in [0.05, 0.1) is 14.2 Å². The van der Waals surface area contributed by atoms with Gasteiger partial charge in [0.1, 0.15) is 0 Å². The Kier molecular flexibility index (Phi) is 4.10. The van der Waals surface area contributed by atoms with E-state index in [9.17, 15) is 4.79 Å². The van der Waals surface area contributed by atoms with E-state index >= 15 is 0 Å². The van der Waals surface area contributed by atoms with Crippen LogP contribution >= 0.6 is 0 Å². The molecule has 116 valence electrons. The van der Waals surface area contributed by atoms with Gasteiger partial charge in [-0.15, -0.1) is 0 Å². The molecule has 3 aromatic rings. The lowest BCUT2D eigenvalue weighted by molar-refractivity contribution is 0.102. The van der Waals surface area contributed by atoms with Crippen LogP contribution in [0.5, 0.6) is 11.5 Å². The number of carbonyl (C=O) groups is 1. The van der Waals surface area contributed by atoms with Gasteiger partial charge in [0.2, 0.25) is 0 Å². The molecule has 0 aliphatic rings.